The lowest BCUT2D eigenvalue weighted by Crippen LogP contribution is -2.70. The molecule has 4 saturated heterocycles. The van der Waals surface area contributed by atoms with Crippen LogP contribution in [0.3, 0.4) is 0 Å². The van der Waals surface area contributed by atoms with Crippen molar-refractivity contribution in [2.45, 2.75) is 101 Å². The van der Waals surface area contributed by atoms with Crippen LogP contribution < -0.4 is 5.32 Å². The fourth-order valence-electron chi connectivity index (χ4n) is 7.81. The second-order valence-corrected chi connectivity index (χ2v) is 12.0. The van der Waals surface area contributed by atoms with Gasteiger partial charge in [-0.1, -0.05) is 0 Å². The lowest BCUT2D eigenvalue weighted by molar-refractivity contribution is -0.121. The molecular weight excluding hydrogens is 407 g/mol. The van der Waals surface area contributed by atoms with Crippen molar-refractivity contribution in [3.63, 3.8) is 0 Å². The van der Waals surface area contributed by atoms with Crippen LogP contribution in [0.5, 0.6) is 0 Å². The molecule has 0 radical (unpaired) electrons. The van der Waals surface area contributed by atoms with E-state index in [4.69, 9.17) is 14.2 Å². The van der Waals surface area contributed by atoms with Crippen molar-refractivity contribution in [2.24, 2.45) is 17.3 Å². The number of hydrogen-bond acceptors (Lipinski definition) is 5. The highest BCUT2D eigenvalue weighted by atomic mass is 19.1. The first kappa shape index (κ1) is 22.2. The van der Waals surface area contributed by atoms with Gasteiger partial charge in [-0.2, -0.15) is 0 Å². The van der Waals surface area contributed by atoms with Gasteiger partial charge in [-0.15, -0.1) is 0 Å². The van der Waals surface area contributed by atoms with Crippen molar-refractivity contribution in [3.05, 3.63) is 0 Å². The van der Waals surface area contributed by atoms with Gasteiger partial charge in [-0.05, 0) is 83.1 Å². The highest BCUT2D eigenvalue weighted by Gasteiger charge is 2.52. The van der Waals surface area contributed by atoms with Gasteiger partial charge in [0.15, 0.2) is 0 Å². The normalized spacial score (nSPS) is 47.5. The van der Waals surface area contributed by atoms with Crippen LogP contribution in [0, 0.1) is 17.3 Å². The molecule has 7 rings (SSSR count). The Bertz CT molecular complexity index is 639. The molecule has 182 valence electrons. The highest BCUT2D eigenvalue weighted by Crippen LogP contribution is 2.50. The molecule has 0 aromatic heterocycles. The van der Waals surface area contributed by atoms with Crippen LogP contribution in [0.25, 0.3) is 0 Å². The third-order valence-electron chi connectivity index (χ3n) is 9.90. The lowest BCUT2D eigenvalue weighted by Gasteiger charge is -2.53. The molecule has 0 aromatic rings. The molecule has 0 amide bonds. The Morgan fingerprint density at radius 3 is 2.56 bits per heavy atom. The summed E-state index contributed by atoms with van der Waals surface area (Å²) >= 11 is 0. The third-order valence-corrected chi connectivity index (χ3v) is 9.90. The molecule has 2 spiro atoms. The van der Waals surface area contributed by atoms with E-state index in [1.807, 2.05) is 0 Å². The molecule has 4 heterocycles. The average Bonchev–Trinajstić information content (AvgIpc) is 3.58. The minimum Gasteiger partial charge on any atom is -0.378 e. The maximum Gasteiger partial charge on any atom is 0.106 e. The number of nitrogens with zero attached hydrogens (tertiary/aromatic N) is 1. The van der Waals surface area contributed by atoms with Crippen molar-refractivity contribution in [1.82, 2.24) is 10.2 Å². The number of piperidine rings is 1. The molecule has 3 saturated carbocycles. The summed E-state index contributed by atoms with van der Waals surface area (Å²) in [5.41, 5.74) is 0.293. The van der Waals surface area contributed by atoms with E-state index in [9.17, 15) is 0 Å². The summed E-state index contributed by atoms with van der Waals surface area (Å²) in [6.07, 6.45) is 11.8. The van der Waals surface area contributed by atoms with Crippen molar-refractivity contribution >= 4 is 0 Å². The molecule has 1 N–H and O–H groups in total. The van der Waals surface area contributed by atoms with E-state index in [-0.39, 0.29) is 23.0 Å². The van der Waals surface area contributed by atoms with E-state index in [0.29, 0.717) is 18.1 Å². The van der Waals surface area contributed by atoms with Crippen LogP contribution in [0.2, 0.25) is 0 Å². The third kappa shape index (κ3) is 4.28. The number of fused-ring (bicyclic) bond motifs is 4. The number of halogens is 1. The Balaban J connectivity index is 1.25. The van der Waals surface area contributed by atoms with Crippen LogP contribution in [0.15, 0.2) is 0 Å². The molecule has 4 aliphatic heterocycles. The molecular formula is C26H43FN2O3. The van der Waals surface area contributed by atoms with Crippen molar-refractivity contribution < 1.29 is 18.6 Å². The summed E-state index contributed by atoms with van der Waals surface area (Å²) < 4.78 is 34.5. The first-order chi connectivity index (χ1) is 15.7. The standard InChI is InChI=1S/C26H43FN2O3/c27-21-3-1-4-22-24(21)19-5-7-20(8-6-19)31-15-23-26(18-30-14-12-28-26)9-2-13-29(23)16-25(10-11-25)17-32-22/h19-24,28H,1-18H2. The number of hydrogen-bond donors (Lipinski definition) is 1. The van der Waals surface area contributed by atoms with Gasteiger partial charge in [0.1, 0.15) is 6.17 Å². The van der Waals surface area contributed by atoms with E-state index >= 15 is 4.39 Å². The van der Waals surface area contributed by atoms with E-state index in [1.165, 1.54) is 25.7 Å². The number of alkyl halides is 1. The molecule has 7 fully saturated rings. The molecule has 5 atom stereocenters. The summed E-state index contributed by atoms with van der Waals surface area (Å²) in [5.74, 6) is 0.581. The zero-order chi connectivity index (χ0) is 21.6. The van der Waals surface area contributed by atoms with Crippen LogP contribution in [0.4, 0.5) is 4.39 Å². The Kier molecular flexibility index (Phi) is 6.29. The molecule has 6 heteroatoms. The van der Waals surface area contributed by atoms with Gasteiger partial charge in [0.2, 0.25) is 0 Å². The quantitative estimate of drug-likeness (QED) is 0.610. The SMILES string of the molecule is FC1CCCC2OCC3(CC3)CN3CCCC4(COCCN4)C3COC3CCC(CC3)C12. The number of morpholine rings is 1. The van der Waals surface area contributed by atoms with Crippen LogP contribution in [0.1, 0.15) is 70.6 Å². The Hall–Kier alpha value is -0.270. The van der Waals surface area contributed by atoms with E-state index < -0.39 is 6.17 Å². The summed E-state index contributed by atoms with van der Waals surface area (Å²) in [6, 6.07) is 0.368. The lowest BCUT2D eigenvalue weighted by atomic mass is 9.70. The van der Waals surface area contributed by atoms with Gasteiger partial charge in [0, 0.05) is 24.4 Å². The highest BCUT2D eigenvalue weighted by molar-refractivity contribution is 5.07. The first-order valence-electron chi connectivity index (χ1n) is 13.6. The van der Waals surface area contributed by atoms with Gasteiger partial charge >= 0.3 is 0 Å². The molecule has 0 aromatic carbocycles. The van der Waals surface area contributed by atoms with Crippen molar-refractivity contribution in [3.8, 4) is 0 Å². The second-order valence-electron chi connectivity index (χ2n) is 12.0. The van der Waals surface area contributed by atoms with E-state index in [0.717, 1.165) is 91.0 Å². The number of rotatable bonds is 0. The van der Waals surface area contributed by atoms with Crippen LogP contribution >= 0.6 is 0 Å². The minimum absolute atomic E-state index is 0.0254. The van der Waals surface area contributed by atoms with Gasteiger partial charge in [0.05, 0.1) is 50.2 Å². The molecule has 3 aliphatic carbocycles. The first-order valence-corrected chi connectivity index (χ1v) is 13.6. The van der Waals surface area contributed by atoms with E-state index in [2.05, 4.69) is 10.2 Å². The Morgan fingerprint density at radius 2 is 1.78 bits per heavy atom. The fraction of sp³-hybridized carbons (Fsp3) is 1.00. The summed E-state index contributed by atoms with van der Waals surface area (Å²) in [7, 11) is 0. The van der Waals surface area contributed by atoms with Gasteiger partial charge in [0.25, 0.3) is 0 Å². The number of nitrogens with one attached hydrogen (secondary N) is 1. The zero-order valence-electron chi connectivity index (χ0n) is 19.7. The van der Waals surface area contributed by atoms with Crippen LogP contribution in [-0.2, 0) is 14.2 Å². The zero-order valence-corrected chi connectivity index (χ0v) is 19.7. The summed E-state index contributed by atoms with van der Waals surface area (Å²) in [4.78, 5) is 2.72. The Morgan fingerprint density at radius 1 is 0.906 bits per heavy atom. The fourth-order valence-corrected chi connectivity index (χ4v) is 7.81. The minimum atomic E-state index is -0.678. The van der Waals surface area contributed by atoms with Gasteiger partial charge in [-0.25, -0.2) is 4.39 Å². The molecule has 5 unspecified atom stereocenters. The predicted molar refractivity (Wildman–Crippen MR) is 121 cm³/mol. The maximum atomic E-state index is 15.1. The van der Waals surface area contributed by atoms with Gasteiger partial charge in [-0.3, -0.25) is 4.90 Å². The van der Waals surface area contributed by atoms with Crippen LogP contribution in [-0.4, -0.2) is 80.9 Å². The Labute approximate surface area is 193 Å². The van der Waals surface area contributed by atoms with Crippen molar-refractivity contribution in [1.29, 1.82) is 0 Å². The molecule has 5 nitrogen and oxygen atoms in total. The summed E-state index contributed by atoms with van der Waals surface area (Å²) in [5, 5.41) is 3.88. The van der Waals surface area contributed by atoms with Gasteiger partial charge < -0.3 is 19.5 Å². The predicted octanol–water partition coefficient (Wildman–Crippen LogP) is 3.70. The molecule has 32 heavy (non-hydrogen) atoms. The molecule has 7 aliphatic rings. The largest absolute Gasteiger partial charge is 0.378 e. The van der Waals surface area contributed by atoms with E-state index in [1.54, 1.807) is 0 Å². The monoisotopic (exact) mass is 450 g/mol. The maximum absolute atomic E-state index is 15.1. The topological polar surface area (TPSA) is 43.0 Å². The van der Waals surface area contributed by atoms with Crippen molar-refractivity contribution in [2.75, 3.05) is 46.1 Å². The second kappa shape index (κ2) is 9.07. The smallest absolute Gasteiger partial charge is 0.106 e. The number of ether oxygens (including phenoxy) is 3. The summed E-state index contributed by atoms with van der Waals surface area (Å²) in [6.45, 7) is 6.40. The average molecular weight is 451 g/mol. The molecule has 2 bridgehead atoms.